The summed E-state index contributed by atoms with van der Waals surface area (Å²) in [7, 11) is 0. The normalized spacial score (nSPS) is 13.5. The van der Waals surface area contributed by atoms with Crippen molar-refractivity contribution in [1.29, 1.82) is 0 Å². The van der Waals surface area contributed by atoms with Crippen LogP contribution in [0.15, 0.2) is 24.3 Å². The smallest absolute Gasteiger partial charge is 0.320 e. The lowest BCUT2D eigenvalue weighted by Gasteiger charge is -2.23. The van der Waals surface area contributed by atoms with Gasteiger partial charge in [-0.1, -0.05) is 63.8 Å². The minimum absolute atomic E-state index is 0.444. The molecule has 0 fully saturated rings. The lowest BCUT2D eigenvalue weighted by molar-refractivity contribution is -0.142. The first-order chi connectivity index (χ1) is 10.6. The molecule has 0 spiro atoms. The third-order valence-electron chi connectivity index (χ3n) is 3.87. The summed E-state index contributed by atoms with van der Waals surface area (Å²) in [4.78, 5) is 13.2. The van der Waals surface area contributed by atoms with Crippen LogP contribution in [0.5, 0.6) is 0 Å². The topological polar surface area (TPSA) is 40.5 Å². The molecule has 1 N–H and O–H groups in total. The number of hydrogen-bond acceptors (Lipinski definition) is 2. The van der Waals surface area contributed by atoms with Crippen LogP contribution in [0.2, 0.25) is 0 Å². The third-order valence-corrected chi connectivity index (χ3v) is 3.87. The summed E-state index contributed by atoms with van der Waals surface area (Å²) in [6.45, 7) is 7.58. The minimum Gasteiger partial charge on any atom is -0.480 e. The van der Waals surface area contributed by atoms with Crippen LogP contribution in [-0.4, -0.2) is 35.1 Å². The first-order valence-corrected chi connectivity index (χ1v) is 8.90. The molecule has 0 heterocycles. The van der Waals surface area contributed by atoms with Crippen LogP contribution in [-0.2, 0) is 4.79 Å². The molecule has 0 bridgehead atoms. The highest BCUT2D eigenvalue weighted by atomic mass is 16.4. The molecule has 0 aliphatic heterocycles. The minimum atomic E-state index is -0.751. The number of nitrogens with zero attached hydrogens (tertiary/aromatic N) is 1. The molecule has 0 aromatic carbocycles. The molecule has 0 saturated carbocycles. The Labute approximate surface area is 137 Å². The Bertz CT molecular complexity index is 301. The fourth-order valence-electron chi connectivity index (χ4n) is 2.23. The molecule has 1 unspecified atom stereocenters. The van der Waals surface area contributed by atoms with Gasteiger partial charge >= 0.3 is 5.97 Å². The van der Waals surface area contributed by atoms with Crippen LogP contribution in [0.25, 0.3) is 0 Å². The standard InChI is InChI=1S/C19H35NO2/c1-4-6-8-10-12-14-16-20(18(3)19(21)22)17-15-13-11-9-7-5-2/h12-15,18H,4-11,16-17H2,1-3H3,(H,21,22)/b14-12+,15-13+. The maximum atomic E-state index is 11.2. The van der Waals surface area contributed by atoms with Crippen molar-refractivity contribution in [1.82, 2.24) is 4.90 Å². The highest BCUT2D eigenvalue weighted by molar-refractivity contribution is 5.72. The molecule has 0 aliphatic rings. The first kappa shape index (κ1) is 20.9. The van der Waals surface area contributed by atoms with Gasteiger partial charge in [0.15, 0.2) is 0 Å². The molecule has 0 aromatic heterocycles. The number of carbonyl (C=O) groups is 1. The van der Waals surface area contributed by atoms with Crippen molar-refractivity contribution in [2.24, 2.45) is 0 Å². The van der Waals surface area contributed by atoms with Gasteiger partial charge < -0.3 is 5.11 Å². The Balaban J connectivity index is 4.18. The van der Waals surface area contributed by atoms with Crippen LogP contribution in [0.1, 0.15) is 72.1 Å². The second-order valence-corrected chi connectivity index (χ2v) is 5.90. The van der Waals surface area contributed by atoms with Crippen LogP contribution in [0.3, 0.4) is 0 Å². The highest BCUT2D eigenvalue weighted by Crippen LogP contribution is 2.04. The summed E-state index contributed by atoms with van der Waals surface area (Å²) in [5, 5.41) is 9.21. The van der Waals surface area contributed by atoms with E-state index < -0.39 is 12.0 Å². The summed E-state index contributed by atoms with van der Waals surface area (Å²) in [6.07, 6.45) is 18.2. The molecule has 0 radical (unpaired) electrons. The monoisotopic (exact) mass is 309 g/mol. The lowest BCUT2D eigenvalue weighted by Crippen LogP contribution is -2.39. The predicted molar refractivity (Wildman–Crippen MR) is 95.2 cm³/mol. The van der Waals surface area contributed by atoms with Crippen LogP contribution in [0, 0.1) is 0 Å². The van der Waals surface area contributed by atoms with Gasteiger partial charge in [-0.05, 0) is 32.6 Å². The number of allylic oxidation sites excluding steroid dienone is 2. The van der Waals surface area contributed by atoms with Crippen LogP contribution in [0.4, 0.5) is 0 Å². The number of unbranched alkanes of at least 4 members (excludes halogenated alkanes) is 6. The quantitative estimate of drug-likeness (QED) is 0.361. The van der Waals surface area contributed by atoms with E-state index in [1.807, 2.05) is 4.90 Å². The van der Waals surface area contributed by atoms with E-state index >= 15 is 0 Å². The molecule has 0 saturated heterocycles. The van der Waals surface area contributed by atoms with Crippen LogP contribution < -0.4 is 0 Å². The van der Waals surface area contributed by atoms with Crippen molar-refractivity contribution in [2.45, 2.75) is 78.2 Å². The molecule has 128 valence electrons. The summed E-state index contributed by atoms with van der Waals surface area (Å²) >= 11 is 0. The predicted octanol–water partition coefficient (Wildman–Crippen LogP) is 5.03. The van der Waals surface area contributed by atoms with Gasteiger partial charge in [0.1, 0.15) is 6.04 Å². The Kier molecular flexibility index (Phi) is 14.1. The van der Waals surface area contributed by atoms with Crippen molar-refractivity contribution in [3.05, 3.63) is 24.3 Å². The Hall–Kier alpha value is -1.09. The Morgan fingerprint density at radius 1 is 0.909 bits per heavy atom. The van der Waals surface area contributed by atoms with Gasteiger partial charge in [0, 0.05) is 13.1 Å². The fraction of sp³-hybridized carbons (Fsp3) is 0.737. The molecular formula is C19H35NO2. The summed E-state index contributed by atoms with van der Waals surface area (Å²) < 4.78 is 0. The van der Waals surface area contributed by atoms with E-state index in [-0.39, 0.29) is 0 Å². The van der Waals surface area contributed by atoms with Crippen molar-refractivity contribution >= 4 is 5.97 Å². The summed E-state index contributed by atoms with van der Waals surface area (Å²) in [5.41, 5.74) is 0. The second kappa shape index (κ2) is 14.8. The fourth-order valence-corrected chi connectivity index (χ4v) is 2.23. The van der Waals surface area contributed by atoms with Crippen molar-refractivity contribution in [3.8, 4) is 0 Å². The van der Waals surface area contributed by atoms with E-state index in [0.717, 1.165) is 12.8 Å². The summed E-state index contributed by atoms with van der Waals surface area (Å²) in [6, 6.07) is -0.444. The number of carboxylic acid groups (broad SMARTS) is 1. The molecule has 22 heavy (non-hydrogen) atoms. The van der Waals surface area contributed by atoms with Gasteiger partial charge in [-0.3, -0.25) is 9.69 Å². The number of hydrogen-bond donors (Lipinski definition) is 1. The largest absolute Gasteiger partial charge is 0.480 e. The zero-order valence-corrected chi connectivity index (χ0v) is 14.8. The number of rotatable bonds is 14. The van der Waals surface area contributed by atoms with Crippen molar-refractivity contribution < 1.29 is 9.90 Å². The molecule has 0 aromatic rings. The Morgan fingerprint density at radius 3 is 1.73 bits per heavy atom. The number of carboxylic acids is 1. The van der Waals surface area contributed by atoms with Gasteiger partial charge in [-0.25, -0.2) is 0 Å². The first-order valence-electron chi connectivity index (χ1n) is 8.90. The summed E-state index contributed by atoms with van der Waals surface area (Å²) in [5.74, 6) is -0.751. The SMILES string of the molecule is CCCCC/C=C/CN(C/C=C/CCCCC)C(C)C(=O)O. The van der Waals surface area contributed by atoms with E-state index in [4.69, 9.17) is 0 Å². The maximum Gasteiger partial charge on any atom is 0.320 e. The molecule has 1 atom stereocenters. The second-order valence-electron chi connectivity index (χ2n) is 5.90. The average Bonchev–Trinajstić information content (AvgIpc) is 2.51. The van der Waals surface area contributed by atoms with E-state index in [9.17, 15) is 9.90 Å². The third kappa shape index (κ3) is 11.6. The molecule has 3 heteroatoms. The molecule has 0 rings (SSSR count). The zero-order chi connectivity index (χ0) is 16.6. The van der Waals surface area contributed by atoms with Gasteiger partial charge in [0.05, 0.1) is 0 Å². The van der Waals surface area contributed by atoms with E-state index in [0.29, 0.717) is 13.1 Å². The van der Waals surface area contributed by atoms with Gasteiger partial charge in [-0.2, -0.15) is 0 Å². The molecule has 0 amide bonds. The molecule has 0 aliphatic carbocycles. The van der Waals surface area contributed by atoms with E-state index in [2.05, 4.69) is 38.2 Å². The Morgan fingerprint density at radius 2 is 1.36 bits per heavy atom. The molecule has 3 nitrogen and oxygen atoms in total. The van der Waals surface area contributed by atoms with E-state index in [1.54, 1.807) is 6.92 Å². The zero-order valence-electron chi connectivity index (χ0n) is 14.8. The maximum absolute atomic E-state index is 11.2. The van der Waals surface area contributed by atoms with Crippen LogP contribution >= 0.6 is 0 Å². The van der Waals surface area contributed by atoms with Crippen molar-refractivity contribution in [2.75, 3.05) is 13.1 Å². The van der Waals surface area contributed by atoms with Gasteiger partial charge in [-0.15, -0.1) is 0 Å². The number of aliphatic carboxylic acids is 1. The average molecular weight is 309 g/mol. The lowest BCUT2D eigenvalue weighted by atomic mass is 10.2. The van der Waals surface area contributed by atoms with E-state index in [1.165, 1.54) is 38.5 Å². The van der Waals surface area contributed by atoms with Gasteiger partial charge in [0.2, 0.25) is 0 Å². The van der Waals surface area contributed by atoms with Crippen molar-refractivity contribution in [3.63, 3.8) is 0 Å². The highest BCUT2D eigenvalue weighted by Gasteiger charge is 2.17. The van der Waals surface area contributed by atoms with Gasteiger partial charge in [0.25, 0.3) is 0 Å². The molecular weight excluding hydrogens is 274 g/mol.